The van der Waals surface area contributed by atoms with E-state index in [9.17, 15) is 0 Å². The molecule has 5 heteroatoms. The lowest BCUT2D eigenvalue weighted by Gasteiger charge is -2.03. The molecule has 0 spiro atoms. The van der Waals surface area contributed by atoms with E-state index in [0.29, 0.717) is 21.6 Å². The molecular weight excluding hydrogens is 233 g/mol. The number of nitrogen functional groups attached to an aromatic ring is 1. The van der Waals surface area contributed by atoms with Crippen molar-refractivity contribution in [3.63, 3.8) is 0 Å². The van der Waals surface area contributed by atoms with E-state index < -0.39 is 0 Å². The first kappa shape index (κ1) is 10.3. The Hall–Kier alpha value is -1.19. The lowest BCUT2D eigenvalue weighted by Crippen LogP contribution is -2.01. The van der Waals surface area contributed by atoms with Gasteiger partial charge in [-0.25, -0.2) is 4.68 Å². The summed E-state index contributed by atoms with van der Waals surface area (Å²) in [6, 6.07) is 7.23. The Labute approximate surface area is 97.4 Å². The van der Waals surface area contributed by atoms with Gasteiger partial charge >= 0.3 is 0 Å². The molecule has 15 heavy (non-hydrogen) atoms. The van der Waals surface area contributed by atoms with Gasteiger partial charge in [0.25, 0.3) is 0 Å². The molecule has 1 aromatic heterocycles. The molecular formula is C10H9Cl2N3. The van der Waals surface area contributed by atoms with E-state index in [1.807, 2.05) is 19.1 Å². The van der Waals surface area contributed by atoms with Gasteiger partial charge in [0.2, 0.25) is 0 Å². The van der Waals surface area contributed by atoms with Crippen LogP contribution >= 0.6 is 23.2 Å². The highest BCUT2D eigenvalue weighted by atomic mass is 35.5. The second kappa shape index (κ2) is 3.76. The molecule has 0 aliphatic rings. The molecule has 1 aromatic carbocycles. The lowest BCUT2D eigenvalue weighted by molar-refractivity contribution is 0.872. The second-order valence-corrected chi connectivity index (χ2v) is 3.99. The summed E-state index contributed by atoms with van der Waals surface area (Å²) in [4.78, 5) is 0. The van der Waals surface area contributed by atoms with Gasteiger partial charge in [0.15, 0.2) is 0 Å². The number of hydrogen-bond donors (Lipinski definition) is 1. The number of benzene rings is 1. The number of hydrogen-bond acceptors (Lipinski definition) is 2. The molecule has 2 aromatic rings. The van der Waals surface area contributed by atoms with Crippen LogP contribution in [-0.4, -0.2) is 9.78 Å². The van der Waals surface area contributed by atoms with Gasteiger partial charge < -0.3 is 5.73 Å². The highest BCUT2D eigenvalue weighted by Crippen LogP contribution is 2.25. The molecule has 0 saturated carbocycles. The van der Waals surface area contributed by atoms with Crippen LogP contribution in [0.15, 0.2) is 24.3 Å². The molecule has 0 saturated heterocycles. The zero-order valence-electron chi connectivity index (χ0n) is 8.04. The van der Waals surface area contributed by atoms with Crippen LogP contribution in [0.5, 0.6) is 0 Å². The Kier molecular flexibility index (Phi) is 2.59. The van der Waals surface area contributed by atoms with E-state index in [1.54, 1.807) is 16.8 Å². The van der Waals surface area contributed by atoms with Crippen LogP contribution in [0.1, 0.15) is 5.69 Å². The number of anilines is 1. The molecule has 2 rings (SSSR count). The SMILES string of the molecule is Cc1nn(-c2ccc(Cl)cc2)c(N)c1Cl. The fourth-order valence-corrected chi connectivity index (χ4v) is 1.55. The molecule has 0 unspecified atom stereocenters. The molecule has 0 atom stereocenters. The smallest absolute Gasteiger partial charge is 0.146 e. The Morgan fingerprint density at radius 3 is 2.27 bits per heavy atom. The quantitative estimate of drug-likeness (QED) is 0.835. The Balaban J connectivity index is 2.54. The molecule has 0 fully saturated rings. The normalized spacial score (nSPS) is 10.6. The van der Waals surface area contributed by atoms with Gasteiger partial charge in [-0.2, -0.15) is 5.10 Å². The van der Waals surface area contributed by atoms with Crippen LogP contribution in [0.2, 0.25) is 10.0 Å². The maximum atomic E-state index is 5.95. The first-order chi connectivity index (χ1) is 7.09. The average molecular weight is 242 g/mol. The van der Waals surface area contributed by atoms with E-state index >= 15 is 0 Å². The molecule has 0 amide bonds. The second-order valence-electron chi connectivity index (χ2n) is 3.17. The molecule has 1 heterocycles. The molecule has 0 aliphatic heterocycles. The van der Waals surface area contributed by atoms with Crippen molar-refractivity contribution in [3.8, 4) is 5.69 Å². The summed E-state index contributed by atoms with van der Waals surface area (Å²) in [5.41, 5.74) is 7.36. The first-order valence-electron chi connectivity index (χ1n) is 4.36. The number of rotatable bonds is 1. The van der Waals surface area contributed by atoms with Gasteiger partial charge in [-0.3, -0.25) is 0 Å². The molecule has 2 N–H and O–H groups in total. The monoisotopic (exact) mass is 241 g/mol. The topological polar surface area (TPSA) is 43.8 Å². The number of aryl methyl sites for hydroxylation is 1. The molecule has 0 bridgehead atoms. The highest BCUT2D eigenvalue weighted by molar-refractivity contribution is 6.33. The summed E-state index contributed by atoms with van der Waals surface area (Å²) in [6.07, 6.45) is 0. The van der Waals surface area contributed by atoms with Crippen molar-refractivity contribution in [2.45, 2.75) is 6.92 Å². The third kappa shape index (κ3) is 1.80. The molecule has 0 aliphatic carbocycles. The Morgan fingerprint density at radius 1 is 1.20 bits per heavy atom. The van der Waals surface area contributed by atoms with E-state index in [1.165, 1.54) is 0 Å². The summed E-state index contributed by atoms with van der Waals surface area (Å²) < 4.78 is 1.59. The van der Waals surface area contributed by atoms with Gasteiger partial charge in [-0.1, -0.05) is 23.2 Å². The van der Waals surface area contributed by atoms with E-state index in [4.69, 9.17) is 28.9 Å². The third-order valence-corrected chi connectivity index (χ3v) is 2.81. The van der Waals surface area contributed by atoms with Crippen LogP contribution in [0.4, 0.5) is 5.82 Å². The minimum Gasteiger partial charge on any atom is -0.382 e. The Bertz CT molecular complexity index is 488. The zero-order chi connectivity index (χ0) is 11.0. The zero-order valence-corrected chi connectivity index (χ0v) is 9.55. The number of nitrogens with zero attached hydrogens (tertiary/aromatic N) is 2. The molecule has 78 valence electrons. The fourth-order valence-electron chi connectivity index (χ4n) is 1.31. The van der Waals surface area contributed by atoms with Crippen LogP contribution in [-0.2, 0) is 0 Å². The van der Waals surface area contributed by atoms with Crippen LogP contribution in [0.3, 0.4) is 0 Å². The van der Waals surface area contributed by atoms with Crippen molar-refractivity contribution < 1.29 is 0 Å². The predicted octanol–water partition coefficient (Wildman–Crippen LogP) is 3.07. The van der Waals surface area contributed by atoms with Crippen molar-refractivity contribution in [3.05, 3.63) is 40.0 Å². The van der Waals surface area contributed by atoms with Crippen molar-refractivity contribution in [2.24, 2.45) is 0 Å². The predicted molar refractivity (Wildman–Crippen MR) is 62.7 cm³/mol. The van der Waals surface area contributed by atoms with Crippen LogP contribution in [0.25, 0.3) is 5.69 Å². The number of aromatic nitrogens is 2. The largest absolute Gasteiger partial charge is 0.382 e. The molecule has 0 radical (unpaired) electrons. The summed E-state index contributed by atoms with van der Waals surface area (Å²) in [7, 11) is 0. The maximum Gasteiger partial charge on any atom is 0.146 e. The first-order valence-corrected chi connectivity index (χ1v) is 5.11. The van der Waals surface area contributed by atoms with E-state index in [-0.39, 0.29) is 0 Å². The van der Waals surface area contributed by atoms with E-state index in [0.717, 1.165) is 5.69 Å². The van der Waals surface area contributed by atoms with Gasteiger partial charge in [0.1, 0.15) is 10.8 Å². The summed E-state index contributed by atoms with van der Waals surface area (Å²) in [6.45, 7) is 1.81. The maximum absolute atomic E-state index is 5.95. The van der Waals surface area contributed by atoms with Gasteiger partial charge in [0.05, 0.1) is 11.4 Å². The highest BCUT2D eigenvalue weighted by Gasteiger charge is 2.10. The standard InChI is InChI=1S/C10H9Cl2N3/c1-6-9(12)10(13)15(14-6)8-4-2-7(11)3-5-8/h2-5H,13H2,1H3. The lowest BCUT2D eigenvalue weighted by atomic mass is 10.3. The summed E-state index contributed by atoms with van der Waals surface area (Å²) >= 11 is 11.7. The van der Waals surface area contributed by atoms with Gasteiger partial charge in [-0.05, 0) is 31.2 Å². The fraction of sp³-hybridized carbons (Fsp3) is 0.100. The van der Waals surface area contributed by atoms with Crippen molar-refractivity contribution in [1.82, 2.24) is 9.78 Å². The minimum atomic E-state index is 0.441. The van der Waals surface area contributed by atoms with Crippen LogP contribution < -0.4 is 5.73 Å². The van der Waals surface area contributed by atoms with Crippen LogP contribution in [0, 0.1) is 6.92 Å². The van der Waals surface area contributed by atoms with Gasteiger partial charge in [0, 0.05) is 5.02 Å². The third-order valence-electron chi connectivity index (χ3n) is 2.09. The minimum absolute atomic E-state index is 0.441. The summed E-state index contributed by atoms with van der Waals surface area (Å²) in [5.74, 6) is 0.441. The summed E-state index contributed by atoms with van der Waals surface area (Å²) in [5, 5.41) is 5.39. The van der Waals surface area contributed by atoms with Crippen molar-refractivity contribution >= 4 is 29.0 Å². The average Bonchev–Trinajstić information content (AvgIpc) is 2.47. The van der Waals surface area contributed by atoms with Gasteiger partial charge in [-0.15, -0.1) is 0 Å². The number of halogens is 2. The van der Waals surface area contributed by atoms with Crippen molar-refractivity contribution in [2.75, 3.05) is 5.73 Å². The van der Waals surface area contributed by atoms with Crippen molar-refractivity contribution in [1.29, 1.82) is 0 Å². The number of nitrogens with two attached hydrogens (primary N) is 1. The van der Waals surface area contributed by atoms with E-state index in [2.05, 4.69) is 5.10 Å². The molecule has 3 nitrogen and oxygen atoms in total. The Morgan fingerprint density at radius 2 is 1.80 bits per heavy atom.